The third-order valence-electron chi connectivity index (χ3n) is 5.75. The van der Waals surface area contributed by atoms with Gasteiger partial charge < -0.3 is 9.47 Å². The number of carbonyl (C=O) groups excluding carboxylic acids is 1. The topological polar surface area (TPSA) is 35.5 Å². The molecule has 0 N–H and O–H groups in total. The average Bonchev–Trinajstić information content (AvgIpc) is 3.05. The van der Waals surface area contributed by atoms with E-state index in [1.165, 1.54) is 12.8 Å². The summed E-state index contributed by atoms with van der Waals surface area (Å²) < 4.78 is 11.9. The third-order valence-corrected chi connectivity index (χ3v) is 5.75. The fourth-order valence-electron chi connectivity index (χ4n) is 4.29. The van der Waals surface area contributed by atoms with Crippen molar-refractivity contribution in [3.63, 3.8) is 0 Å². The molecule has 0 spiro atoms. The Hall–Kier alpha value is -1.35. The largest absolute Gasteiger partial charge is 0.462 e. The Labute approximate surface area is 145 Å². The molecule has 3 heteroatoms. The highest BCUT2D eigenvalue weighted by atomic mass is 16.6. The van der Waals surface area contributed by atoms with Crippen molar-refractivity contribution < 1.29 is 14.3 Å². The first kappa shape index (κ1) is 17.5. The van der Waals surface area contributed by atoms with Crippen LogP contribution in [0.25, 0.3) is 0 Å². The minimum absolute atomic E-state index is 0.0638. The SMILES string of the molecule is CC(C)[C@@H]1CC[C@@H](C)C[C@H]1OC(=O)[C@@H]1CCO[C@H]1c1ccccc1. The minimum Gasteiger partial charge on any atom is -0.462 e. The quantitative estimate of drug-likeness (QED) is 0.746. The highest BCUT2D eigenvalue weighted by molar-refractivity contribution is 5.74. The summed E-state index contributed by atoms with van der Waals surface area (Å²) in [6, 6.07) is 10.1. The molecule has 1 aliphatic heterocycles. The van der Waals surface area contributed by atoms with Gasteiger partial charge in [0, 0.05) is 6.61 Å². The van der Waals surface area contributed by atoms with Gasteiger partial charge in [-0.1, -0.05) is 57.5 Å². The molecule has 1 aromatic carbocycles. The second kappa shape index (κ2) is 7.69. The Bertz CT molecular complexity index is 539. The van der Waals surface area contributed by atoms with E-state index in [9.17, 15) is 4.79 Å². The van der Waals surface area contributed by atoms with E-state index in [-0.39, 0.29) is 24.1 Å². The number of benzene rings is 1. The van der Waals surface area contributed by atoms with Gasteiger partial charge in [-0.25, -0.2) is 0 Å². The molecule has 2 aliphatic rings. The van der Waals surface area contributed by atoms with Crippen molar-refractivity contribution in [3.8, 4) is 0 Å². The highest BCUT2D eigenvalue weighted by Crippen LogP contribution is 2.39. The zero-order valence-corrected chi connectivity index (χ0v) is 15.1. The second-order valence-corrected chi connectivity index (χ2v) is 7.90. The smallest absolute Gasteiger partial charge is 0.312 e. The first-order valence-corrected chi connectivity index (χ1v) is 9.43. The first-order valence-electron chi connectivity index (χ1n) is 9.43. The van der Waals surface area contributed by atoms with Crippen LogP contribution in [0.2, 0.25) is 0 Å². The maximum absolute atomic E-state index is 12.9. The molecular formula is C21H30O3. The van der Waals surface area contributed by atoms with Crippen LogP contribution in [0.5, 0.6) is 0 Å². The van der Waals surface area contributed by atoms with Crippen molar-refractivity contribution in [1.82, 2.24) is 0 Å². The van der Waals surface area contributed by atoms with Crippen LogP contribution in [-0.2, 0) is 14.3 Å². The molecule has 24 heavy (non-hydrogen) atoms. The zero-order chi connectivity index (χ0) is 17.1. The van der Waals surface area contributed by atoms with Crippen molar-refractivity contribution in [3.05, 3.63) is 35.9 Å². The number of carbonyl (C=O) groups is 1. The zero-order valence-electron chi connectivity index (χ0n) is 15.1. The molecule has 5 atom stereocenters. The summed E-state index contributed by atoms with van der Waals surface area (Å²) in [6.45, 7) is 7.39. The van der Waals surface area contributed by atoms with Crippen molar-refractivity contribution in [1.29, 1.82) is 0 Å². The summed E-state index contributed by atoms with van der Waals surface area (Å²) >= 11 is 0. The van der Waals surface area contributed by atoms with Crippen LogP contribution in [0, 0.1) is 23.7 Å². The fraction of sp³-hybridized carbons (Fsp3) is 0.667. The van der Waals surface area contributed by atoms with Gasteiger partial charge in [-0.2, -0.15) is 0 Å². The van der Waals surface area contributed by atoms with Gasteiger partial charge in [0.05, 0.1) is 12.0 Å². The highest BCUT2D eigenvalue weighted by Gasteiger charge is 2.40. The van der Waals surface area contributed by atoms with E-state index in [1.807, 2.05) is 30.3 Å². The Morgan fingerprint density at radius 3 is 2.62 bits per heavy atom. The molecule has 0 bridgehead atoms. The maximum Gasteiger partial charge on any atom is 0.312 e. The molecule has 3 rings (SSSR count). The lowest BCUT2D eigenvalue weighted by Gasteiger charge is -2.37. The molecule has 0 amide bonds. The Morgan fingerprint density at radius 1 is 1.17 bits per heavy atom. The molecule has 1 saturated heterocycles. The molecule has 0 unspecified atom stereocenters. The maximum atomic E-state index is 12.9. The lowest BCUT2D eigenvalue weighted by atomic mass is 9.75. The summed E-state index contributed by atoms with van der Waals surface area (Å²) in [6.07, 6.45) is 4.08. The normalized spacial score (nSPS) is 33.6. The van der Waals surface area contributed by atoms with Gasteiger partial charge in [-0.05, 0) is 42.6 Å². The van der Waals surface area contributed by atoms with Crippen LogP contribution in [0.15, 0.2) is 30.3 Å². The van der Waals surface area contributed by atoms with E-state index in [0.29, 0.717) is 24.4 Å². The van der Waals surface area contributed by atoms with Crippen LogP contribution in [0.4, 0.5) is 0 Å². The summed E-state index contributed by atoms with van der Waals surface area (Å²) in [7, 11) is 0. The lowest BCUT2D eigenvalue weighted by molar-refractivity contribution is -0.163. The molecule has 1 saturated carbocycles. The molecule has 2 fully saturated rings. The van der Waals surface area contributed by atoms with Crippen molar-refractivity contribution in [2.24, 2.45) is 23.7 Å². The average molecular weight is 330 g/mol. The van der Waals surface area contributed by atoms with Crippen molar-refractivity contribution in [2.75, 3.05) is 6.61 Å². The van der Waals surface area contributed by atoms with E-state index in [4.69, 9.17) is 9.47 Å². The van der Waals surface area contributed by atoms with E-state index in [0.717, 1.165) is 18.4 Å². The minimum atomic E-state index is -0.169. The summed E-state index contributed by atoms with van der Waals surface area (Å²) in [5.41, 5.74) is 1.08. The molecule has 3 nitrogen and oxygen atoms in total. The Morgan fingerprint density at radius 2 is 1.92 bits per heavy atom. The van der Waals surface area contributed by atoms with E-state index < -0.39 is 0 Å². The summed E-state index contributed by atoms with van der Waals surface area (Å²) in [5, 5.41) is 0. The van der Waals surface area contributed by atoms with Crippen LogP contribution in [-0.4, -0.2) is 18.7 Å². The molecule has 132 valence electrons. The second-order valence-electron chi connectivity index (χ2n) is 7.90. The number of rotatable bonds is 4. The van der Waals surface area contributed by atoms with Gasteiger partial charge in [0.15, 0.2) is 0 Å². The van der Waals surface area contributed by atoms with E-state index >= 15 is 0 Å². The predicted octanol–water partition coefficient (Wildman–Crippen LogP) is 4.77. The number of esters is 1. The van der Waals surface area contributed by atoms with Gasteiger partial charge in [-0.15, -0.1) is 0 Å². The monoisotopic (exact) mass is 330 g/mol. The molecule has 1 aromatic rings. The molecular weight excluding hydrogens is 300 g/mol. The summed E-state index contributed by atoms with van der Waals surface area (Å²) in [4.78, 5) is 12.9. The molecule has 1 heterocycles. The van der Waals surface area contributed by atoms with Crippen LogP contribution >= 0.6 is 0 Å². The standard InChI is InChI=1S/C21H30O3/c1-14(2)17-10-9-15(3)13-19(17)24-21(22)18-11-12-23-20(18)16-7-5-4-6-8-16/h4-8,14-15,17-20H,9-13H2,1-3H3/t15-,17+,18-,19-,20+/m1/s1. The van der Waals surface area contributed by atoms with Gasteiger partial charge in [-0.3, -0.25) is 4.79 Å². The Balaban J connectivity index is 1.69. The number of hydrogen-bond donors (Lipinski definition) is 0. The van der Waals surface area contributed by atoms with Gasteiger partial charge >= 0.3 is 5.97 Å². The number of hydrogen-bond acceptors (Lipinski definition) is 3. The fourth-order valence-corrected chi connectivity index (χ4v) is 4.29. The summed E-state index contributed by atoms with van der Waals surface area (Å²) in [5.74, 6) is 1.45. The Kier molecular flexibility index (Phi) is 5.60. The lowest BCUT2D eigenvalue weighted by Crippen LogP contribution is -2.37. The van der Waals surface area contributed by atoms with Gasteiger partial charge in [0.1, 0.15) is 6.10 Å². The van der Waals surface area contributed by atoms with E-state index in [2.05, 4.69) is 20.8 Å². The van der Waals surface area contributed by atoms with E-state index in [1.54, 1.807) is 0 Å². The molecule has 0 aromatic heterocycles. The van der Waals surface area contributed by atoms with Crippen molar-refractivity contribution >= 4 is 5.97 Å². The van der Waals surface area contributed by atoms with Gasteiger partial charge in [0.2, 0.25) is 0 Å². The first-order chi connectivity index (χ1) is 11.6. The van der Waals surface area contributed by atoms with Crippen LogP contribution < -0.4 is 0 Å². The van der Waals surface area contributed by atoms with Crippen molar-refractivity contribution in [2.45, 2.75) is 58.7 Å². The third kappa shape index (κ3) is 3.83. The van der Waals surface area contributed by atoms with Gasteiger partial charge in [0.25, 0.3) is 0 Å². The molecule has 1 aliphatic carbocycles. The van der Waals surface area contributed by atoms with Crippen LogP contribution in [0.1, 0.15) is 58.1 Å². The number of ether oxygens (including phenoxy) is 2. The van der Waals surface area contributed by atoms with Crippen LogP contribution in [0.3, 0.4) is 0 Å². The predicted molar refractivity (Wildman–Crippen MR) is 94.5 cm³/mol. The molecule has 0 radical (unpaired) electrons.